The van der Waals surface area contributed by atoms with E-state index in [0.717, 1.165) is 12.1 Å². The Hall–Kier alpha value is -1.52. The van der Waals surface area contributed by atoms with Crippen LogP contribution in [0.25, 0.3) is 0 Å². The topological polar surface area (TPSA) is 20.2 Å². The summed E-state index contributed by atoms with van der Waals surface area (Å²) in [6.45, 7) is 1.36. The summed E-state index contributed by atoms with van der Waals surface area (Å²) in [5.74, 6) is -2.25. The van der Waals surface area contributed by atoms with Crippen molar-refractivity contribution in [1.82, 2.24) is 0 Å². The van der Waals surface area contributed by atoms with Crippen molar-refractivity contribution in [3.63, 3.8) is 0 Å². The van der Waals surface area contributed by atoms with Crippen molar-refractivity contribution in [2.75, 3.05) is 0 Å². The van der Waals surface area contributed by atoms with E-state index in [4.69, 9.17) is 11.6 Å². The van der Waals surface area contributed by atoms with Gasteiger partial charge in [-0.15, -0.1) is 0 Å². The van der Waals surface area contributed by atoms with E-state index in [-0.39, 0.29) is 22.6 Å². The molecular weight excluding hydrogens is 289 g/mol. The van der Waals surface area contributed by atoms with E-state index in [1.165, 1.54) is 19.1 Å². The van der Waals surface area contributed by atoms with Crippen molar-refractivity contribution in [2.45, 2.75) is 18.9 Å². The predicted molar refractivity (Wildman–Crippen MR) is 71.0 cm³/mol. The smallest absolute Gasteiger partial charge is 0.145 e. The highest BCUT2D eigenvalue weighted by atomic mass is 35.5. The molecule has 0 aromatic heterocycles. The maximum Gasteiger partial charge on any atom is 0.145 e. The summed E-state index contributed by atoms with van der Waals surface area (Å²) in [5, 5.41) is 10.3. The van der Waals surface area contributed by atoms with Gasteiger partial charge in [-0.3, -0.25) is 0 Å². The normalized spacial score (nSPS) is 14.1. The van der Waals surface area contributed by atoms with Gasteiger partial charge in [-0.05, 0) is 36.2 Å². The predicted octanol–water partition coefficient (Wildman–Crippen LogP) is 4.21. The molecule has 0 aliphatic carbocycles. The minimum atomic E-state index is -1.62. The minimum Gasteiger partial charge on any atom is -0.385 e. The molecule has 1 atom stereocenters. The molecule has 2 rings (SSSR count). The molecule has 0 aliphatic rings. The first-order valence-electron chi connectivity index (χ1n) is 5.91. The Labute approximate surface area is 119 Å². The lowest BCUT2D eigenvalue weighted by molar-refractivity contribution is 0.0560. The number of halogens is 4. The summed E-state index contributed by atoms with van der Waals surface area (Å²) in [4.78, 5) is 0. The zero-order valence-corrected chi connectivity index (χ0v) is 11.4. The lowest BCUT2D eigenvalue weighted by atomic mass is 9.89. The molecule has 1 nitrogen and oxygen atoms in total. The van der Waals surface area contributed by atoms with Crippen LogP contribution in [-0.4, -0.2) is 5.11 Å². The summed E-state index contributed by atoms with van der Waals surface area (Å²) >= 11 is 5.66. The van der Waals surface area contributed by atoms with Crippen LogP contribution in [0.1, 0.15) is 18.1 Å². The highest BCUT2D eigenvalue weighted by Gasteiger charge is 2.26. The fourth-order valence-electron chi connectivity index (χ4n) is 2.02. The van der Waals surface area contributed by atoms with Crippen LogP contribution in [0, 0.1) is 17.5 Å². The van der Waals surface area contributed by atoms with Crippen LogP contribution >= 0.6 is 11.6 Å². The molecule has 0 heterocycles. The van der Waals surface area contributed by atoms with Crippen molar-refractivity contribution in [2.24, 2.45) is 0 Å². The van der Waals surface area contributed by atoms with Gasteiger partial charge in [0.2, 0.25) is 0 Å². The van der Waals surface area contributed by atoms with Gasteiger partial charge in [0, 0.05) is 12.5 Å². The Morgan fingerprint density at radius 1 is 1.10 bits per heavy atom. The number of rotatable bonds is 3. The largest absolute Gasteiger partial charge is 0.385 e. The molecule has 2 aromatic rings. The van der Waals surface area contributed by atoms with Gasteiger partial charge in [0.25, 0.3) is 0 Å². The molecule has 1 unspecified atom stereocenters. The van der Waals surface area contributed by atoms with Gasteiger partial charge in [-0.2, -0.15) is 0 Å². The molecule has 5 heteroatoms. The number of benzene rings is 2. The second-order valence-corrected chi connectivity index (χ2v) is 5.23. The van der Waals surface area contributed by atoms with Gasteiger partial charge >= 0.3 is 0 Å². The fourth-order valence-corrected chi connectivity index (χ4v) is 2.22. The molecule has 0 spiro atoms. The van der Waals surface area contributed by atoms with Gasteiger partial charge in [-0.25, -0.2) is 13.2 Å². The van der Waals surface area contributed by atoms with Crippen molar-refractivity contribution in [3.05, 3.63) is 70.0 Å². The first-order chi connectivity index (χ1) is 9.29. The Kier molecular flexibility index (Phi) is 4.06. The first-order valence-corrected chi connectivity index (χ1v) is 6.29. The summed E-state index contributed by atoms with van der Waals surface area (Å²) in [6.07, 6.45) is -0.151. The van der Waals surface area contributed by atoms with Crippen molar-refractivity contribution >= 4 is 11.6 Å². The zero-order valence-electron chi connectivity index (χ0n) is 10.6. The second kappa shape index (κ2) is 5.46. The molecule has 2 aromatic carbocycles. The maximum atomic E-state index is 13.8. The van der Waals surface area contributed by atoms with E-state index in [9.17, 15) is 18.3 Å². The molecule has 0 radical (unpaired) electrons. The van der Waals surface area contributed by atoms with Crippen LogP contribution < -0.4 is 0 Å². The molecule has 0 saturated heterocycles. The van der Waals surface area contributed by atoms with Gasteiger partial charge in [0.05, 0.1) is 10.6 Å². The van der Waals surface area contributed by atoms with Gasteiger partial charge in [-0.1, -0.05) is 23.7 Å². The average Bonchev–Trinajstić information content (AvgIpc) is 2.33. The average molecular weight is 301 g/mol. The standard InChI is InChI=1S/C15H12ClF3O/c1-15(20,10-5-11(17)7-12(18)6-10)8-9-3-2-4-13(16)14(9)19/h2-7,20H,8H2,1H3. The van der Waals surface area contributed by atoms with E-state index in [1.807, 2.05) is 0 Å². The van der Waals surface area contributed by atoms with E-state index in [2.05, 4.69) is 0 Å². The van der Waals surface area contributed by atoms with Crippen LogP contribution in [0.15, 0.2) is 36.4 Å². The summed E-state index contributed by atoms with van der Waals surface area (Å²) in [7, 11) is 0. The van der Waals surface area contributed by atoms with Crippen LogP contribution in [0.2, 0.25) is 5.02 Å². The van der Waals surface area contributed by atoms with Crippen LogP contribution in [0.4, 0.5) is 13.2 Å². The lowest BCUT2D eigenvalue weighted by Gasteiger charge is -2.24. The Morgan fingerprint density at radius 3 is 2.30 bits per heavy atom. The van der Waals surface area contributed by atoms with Gasteiger partial charge in [0.15, 0.2) is 0 Å². The van der Waals surface area contributed by atoms with E-state index in [0.29, 0.717) is 6.07 Å². The lowest BCUT2D eigenvalue weighted by Crippen LogP contribution is -2.25. The summed E-state index contributed by atoms with van der Waals surface area (Å²) in [6, 6.07) is 7.14. The summed E-state index contributed by atoms with van der Waals surface area (Å²) in [5.41, 5.74) is -1.41. The molecule has 106 valence electrons. The van der Waals surface area contributed by atoms with Crippen LogP contribution in [0.5, 0.6) is 0 Å². The molecule has 0 fully saturated rings. The molecule has 20 heavy (non-hydrogen) atoms. The zero-order chi connectivity index (χ0) is 14.9. The molecule has 0 amide bonds. The number of hydrogen-bond donors (Lipinski definition) is 1. The Morgan fingerprint density at radius 2 is 1.70 bits per heavy atom. The van der Waals surface area contributed by atoms with E-state index < -0.39 is 23.1 Å². The molecule has 0 saturated carbocycles. The molecule has 1 N–H and O–H groups in total. The highest BCUT2D eigenvalue weighted by molar-refractivity contribution is 6.30. The highest BCUT2D eigenvalue weighted by Crippen LogP contribution is 2.29. The third kappa shape index (κ3) is 3.14. The fraction of sp³-hybridized carbons (Fsp3) is 0.200. The third-order valence-electron chi connectivity index (χ3n) is 3.05. The Balaban J connectivity index is 2.37. The van der Waals surface area contributed by atoms with E-state index >= 15 is 0 Å². The third-order valence-corrected chi connectivity index (χ3v) is 3.34. The second-order valence-electron chi connectivity index (χ2n) is 4.82. The van der Waals surface area contributed by atoms with Crippen molar-refractivity contribution in [3.8, 4) is 0 Å². The summed E-state index contributed by atoms with van der Waals surface area (Å²) < 4.78 is 40.2. The SMILES string of the molecule is CC(O)(Cc1cccc(Cl)c1F)c1cc(F)cc(F)c1. The minimum absolute atomic E-state index is 0.0365. The van der Waals surface area contributed by atoms with Crippen molar-refractivity contribution < 1.29 is 18.3 Å². The van der Waals surface area contributed by atoms with Gasteiger partial charge < -0.3 is 5.11 Å². The van der Waals surface area contributed by atoms with Gasteiger partial charge in [0.1, 0.15) is 17.5 Å². The molecular formula is C15H12ClF3O. The van der Waals surface area contributed by atoms with Crippen molar-refractivity contribution in [1.29, 1.82) is 0 Å². The molecule has 0 bridgehead atoms. The van der Waals surface area contributed by atoms with E-state index in [1.54, 1.807) is 6.07 Å². The monoisotopic (exact) mass is 300 g/mol. The molecule has 0 aliphatic heterocycles. The quantitative estimate of drug-likeness (QED) is 0.900. The Bertz CT molecular complexity index is 621. The maximum absolute atomic E-state index is 13.8. The first kappa shape index (κ1) is 14.9. The number of aliphatic hydroxyl groups is 1. The van der Waals surface area contributed by atoms with Crippen LogP contribution in [0.3, 0.4) is 0 Å². The van der Waals surface area contributed by atoms with Crippen LogP contribution in [-0.2, 0) is 12.0 Å². The number of hydrogen-bond acceptors (Lipinski definition) is 1.